The van der Waals surface area contributed by atoms with Crippen molar-refractivity contribution in [2.24, 2.45) is 0 Å². The van der Waals surface area contributed by atoms with Gasteiger partial charge in [-0.2, -0.15) is 0 Å². The number of aliphatic hydroxyl groups is 4. The van der Waals surface area contributed by atoms with Crippen molar-refractivity contribution in [1.82, 2.24) is 0 Å². The number of rotatable bonds is 4. The minimum Gasteiger partial charge on any atom is -0.547 e. The van der Waals surface area contributed by atoms with Gasteiger partial charge >= 0.3 is 17.1 Å². The van der Waals surface area contributed by atoms with Crippen LogP contribution >= 0.6 is 0 Å². The van der Waals surface area contributed by atoms with Crippen LogP contribution in [0.1, 0.15) is 0 Å². The molecule has 2 atom stereocenters. The van der Waals surface area contributed by atoms with Crippen LogP contribution in [0.4, 0.5) is 0 Å². The normalized spacial score (nSPS) is 12.5. The SMILES string of the molecule is O=C([O-])C(O)CO.O=C([O-])C(O)CO.[Mn+2]. The largest absolute Gasteiger partial charge is 2.00 e. The number of carbonyl (C=O) groups is 2. The van der Waals surface area contributed by atoms with Crippen LogP contribution in [0.25, 0.3) is 0 Å². The monoisotopic (exact) mass is 265 g/mol. The summed E-state index contributed by atoms with van der Waals surface area (Å²) in [7, 11) is 0. The van der Waals surface area contributed by atoms with Gasteiger partial charge in [0.15, 0.2) is 0 Å². The van der Waals surface area contributed by atoms with E-state index < -0.39 is 37.4 Å². The van der Waals surface area contributed by atoms with Crippen molar-refractivity contribution in [2.45, 2.75) is 12.2 Å². The zero-order valence-electron chi connectivity index (χ0n) is 7.37. The number of aliphatic hydroxyl groups excluding tert-OH is 4. The average Bonchev–Trinajstić information content (AvgIpc) is 2.15. The first-order valence-electron chi connectivity index (χ1n) is 3.36. The molecule has 8 nitrogen and oxygen atoms in total. The van der Waals surface area contributed by atoms with Gasteiger partial charge in [-0.05, 0) is 0 Å². The standard InChI is InChI=1S/2C3H6O4.Mn/c2*4-1-2(5)3(6)7;/h2*2,4-5H,1H2,(H,6,7);/q;;+2/p-2. The summed E-state index contributed by atoms with van der Waals surface area (Å²) in [5.74, 6) is -3.30. The Hall–Kier alpha value is -0.701. The number of aliphatic carboxylic acids is 2. The van der Waals surface area contributed by atoms with Crippen molar-refractivity contribution < 1.29 is 57.3 Å². The molecule has 0 saturated carbocycles. The van der Waals surface area contributed by atoms with Gasteiger partial charge in [0.2, 0.25) is 0 Å². The van der Waals surface area contributed by atoms with E-state index in [-0.39, 0.29) is 17.1 Å². The van der Waals surface area contributed by atoms with E-state index in [2.05, 4.69) is 0 Å². The summed E-state index contributed by atoms with van der Waals surface area (Å²) < 4.78 is 0. The van der Waals surface area contributed by atoms with E-state index >= 15 is 0 Å². The molecule has 9 heteroatoms. The second kappa shape index (κ2) is 11.4. The summed E-state index contributed by atoms with van der Waals surface area (Å²) in [6, 6.07) is 0. The summed E-state index contributed by atoms with van der Waals surface area (Å²) in [4.78, 5) is 18.8. The summed E-state index contributed by atoms with van der Waals surface area (Å²) >= 11 is 0. The Kier molecular flexibility index (Phi) is 15.0. The molecule has 0 aromatic carbocycles. The molecule has 0 amide bonds. The predicted octanol–water partition coefficient (Wildman–Crippen LogP) is -5.82. The molecule has 0 saturated heterocycles. The maximum absolute atomic E-state index is 9.41. The maximum Gasteiger partial charge on any atom is 2.00 e. The maximum atomic E-state index is 9.41. The topological polar surface area (TPSA) is 161 Å². The molecule has 0 aromatic rings. The van der Waals surface area contributed by atoms with E-state index in [1.807, 2.05) is 0 Å². The Balaban J connectivity index is -0.000000180. The van der Waals surface area contributed by atoms with E-state index in [9.17, 15) is 19.8 Å². The van der Waals surface area contributed by atoms with Crippen molar-refractivity contribution >= 4 is 11.9 Å². The van der Waals surface area contributed by atoms with E-state index in [4.69, 9.17) is 20.4 Å². The van der Waals surface area contributed by atoms with Crippen LogP contribution in [-0.4, -0.2) is 57.8 Å². The number of carbonyl (C=O) groups excluding carboxylic acids is 2. The summed E-state index contributed by atoms with van der Waals surface area (Å²) in [5.41, 5.74) is 0. The summed E-state index contributed by atoms with van der Waals surface area (Å²) in [6.07, 6.45) is -3.47. The quantitative estimate of drug-likeness (QED) is 0.365. The first-order valence-corrected chi connectivity index (χ1v) is 3.36. The van der Waals surface area contributed by atoms with E-state index in [1.165, 1.54) is 0 Å². The molecule has 0 aliphatic carbocycles. The molecule has 0 bridgehead atoms. The number of carboxylic acids is 2. The molecule has 0 fully saturated rings. The van der Waals surface area contributed by atoms with Gasteiger partial charge in [-0.1, -0.05) is 0 Å². The molecule has 2 unspecified atom stereocenters. The Morgan fingerprint density at radius 2 is 1.13 bits per heavy atom. The molecule has 0 aliphatic rings. The van der Waals surface area contributed by atoms with Crippen molar-refractivity contribution in [3.8, 4) is 0 Å². The molecule has 1 radical (unpaired) electrons. The first-order chi connectivity index (χ1) is 6.36. The Labute approximate surface area is 95.3 Å². The van der Waals surface area contributed by atoms with Crippen LogP contribution in [0.3, 0.4) is 0 Å². The van der Waals surface area contributed by atoms with Crippen LogP contribution in [0.2, 0.25) is 0 Å². The molecule has 0 spiro atoms. The van der Waals surface area contributed by atoms with Crippen molar-refractivity contribution in [3.63, 3.8) is 0 Å². The second-order valence-corrected chi connectivity index (χ2v) is 2.03. The summed E-state index contributed by atoms with van der Waals surface area (Å²) in [5, 5.41) is 50.5. The Morgan fingerprint density at radius 1 is 0.933 bits per heavy atom. The van der Waals surface area contributed by atoms with Crippen molar-refractivity contribution in [3.05, 3.63) is 0 Å². The van der Waals surface area contributed by atoms with Gasteiger partial charge in [0.1, 0.15) is 12.2 Å². The third-order valence-corrected chi connectivity index (χ3v) is 0.890. The molecular formula is C6H10MnO8. The minimum absolute atomic E-state index is 0. The Bertz CT molecular complexity index is 164. The fourth-order valence-electron chi connectivity index (χ4n) is 0.149. The number of hydrogen-bond donors (Lipinski definition) is 4. The molecule has 0 heterocycles. The zero-order chi connectivity index (χ0) is 11.7. The van der Waals surface area contributed by atoms with E-state index in [1.54, 1.807) is 0 Å². The number of hydrogen-bond acceptors (Lipinski definition) is 8. The van der Waals surface area contributed by atoms with Crippen LogP contribution in [0.5, 0.6) is 0 Å². The molecule has 0 aliphatic heterocycles. The van der Waals surface area contributed by atoms with E-state index in [0.717, 1.165) is 0 Å². The van der Waals surface area contributed by atoms with Gasteiger partial charge in [-0.3, -0.25) is 0 Å². The smallest absolute Gasteiger partial charge is 0.547 e. The van der Waals surface area contributed by atoms with Crippen LogP contribution < -0.4 is 10.2 Å². The van der Waals surface area contributed by atoms with Gasteiger partial charge < -0.3 is 40.2 Å². The fraction of sp³-hybridized carbons (Fsp3) is 0.667. The Morgan fingerprint density at radius 3 is 1.13 bits per heavy atom. The van der Waals surface area contributed by atoms with Gasteiger partial charge in [0.25, 0.3) is 0 Å². The van der Waals surface area contributed by atoms with Crippen LogP contribution in [0.15, 0.2) is 0 Å². The molecule has 89 valence electrons. The molecule has 0 aromatic heterocycles. The predicted molar refractivity (Wildman–Crippen MR) is 36.2 cm³/mol. The van der Waals surface area contributed by atoms with E-state index in [0.29, 0.717) is 0 Å². The fourth-order valence-corrected chi connectivity index (χ4v) is 0.149. The third-order valence-electron chi connectivity index (χ3n) is 0.890. The molecule has 4 N–H and O–H groups in total. The number of carboxylic acid groups (broad SMARTS) is 2. The van der Waals surface area contributed by atoms with Crippen LogP contribution in [0, 0.1) is 0 Å². The van der Waals surface area contributed by atoms with Crippen molar-refractivity contribution in [1.29, 1.82) is 0 Å². The van der Waals surface area contributed by atoms with Crippen LogP contribution in [-0.2, 0) is 26.7 Å². The molecule has 15 heavy (non-hydrogen) atoms. The van der Waals surface area contributed by atoms with Crippen molar-refractivity contribution in [2.75, 3.05) is 13.2 Å². The van der Waals surface area contributed by atoms with Gasteiger partial charge in [-0.25, -0.2) is 0 Å². The first kappa shape index (κ1) is 19.8. The second-order valence-electron chi connectivity index (χ2n) is 2.03. The zero-order valence-corrected chi connectivity index (χ0v) is 8.55. The third kappa shape index (κ3) is 13.3. The average molecular weight is 265 g/mol. The summed E-state index contributed by atoms with van der Waals surface area (Å²) in [6.45, 7) is -1.58. The van der Waals surface area contributed by atoms with Gasteiger partial charge in [-0.15, -0.1) is 0 Å². The van der Waals surface area contributed by atoms with Gasteiger partial charge in [0.05, 0.1) is 25.2 Å². The minimum atomic E-state index is -1.74. The molecule has 0 rings (SSSR count). The molecular weight excluding hydrogens is 255 g/mol. The van der Waals surface area contributed by atoms with Gasteiger partial charge in [0, 0.05) is 0 Å².